The fourth-order valence-electron chi connectivity index (χ4n) is 2.16. The van der Waals surface area contributed by atoms with Gasteiger partial charge in [0.2, 0.25) is 0 Å². The molecule has 1 saturated carbocycles. The summed E-state index contributed by atoms with van der Waals surface area (Å²) in [7, 11) is 0. The van der Waals surface area contributed by atoms with Crippen LogP contribution >= 0.6 is 11.6 Å². The molecule has 1 aliphatic rings. The Hall–Kier alpha value is -0.740. The van der Waals surface area contributed by atoms with E-state index in [9.17, 15) is 13.2 Å². The number of halogens is 4. The summed E-state index contributed by atoms with van der Waals surface area (Å²) in [5, 5.41) is 0.0946. The molecule has 0 aliphatic heterocycles. The van der Waals surface area contributed by atoms with E-state index in [-0.39, 0.29) is 5.02 Å². The topological polar surface area (TPSA) is 26.0 Å². The molecule has 0 unspecified atom stereocenters. The Morgan fingerprint density at radius 3 is 2.06 bits per heavy atom. The van der Waals surface area contributed by atoms with Gasteiger partial charge in [-0.2, -0.15) is 13.2 Å². The lowest BCUT2D eigenvalue weighted by Gasteiger charge is -2.33. The Balaban J connectivity index is 2.49. The number of hydrogen-bond donors (Lipinski definition) is 1. The van der Waals surface area contributed by atoms with Crippen molar-refractivity contribution in [3.05, 3.63) is 34.3 Å². The number of alkyl halides is 3. The second-order valence-electron chi connectivity index (χ2n) is 5.51. The van der Waals surface area contributed by atoms with E-state index in [1.165, 1.54) is 0 Å². The molecule has 2 rings (SSSR count). The van der Waals surface area contributed by atoms with E-state index in [1.807, 2.05) is 13.8 Å². The van der Waals surface area contributed by atoms with Gasteiger partial charge in [-0.25, -0.2) is 0 Å². The SMILES string of the molecule is CC(C)(c1cc(Cl)cc(C(F)(F)F)c1)C1(N)CC1. The van der Waals surface area contributed by atoms with Gasteiger partial charge in [0, 0.05) is 16.0 Å². The molecule has 0 aromatic heterocycles. The van der Waals surface area contributed by atoms with Crippen LogP contribution in [-0.4, -0.2) is 5.54 Å². The zero-order valence-electron chi connectivity index (χ0n) is 10.2. The highest BCUT2D eigenvalue weighted by atomic mass is 35.5. The average Bonchev–Trinajstić information content (AvgIpc) is 2.96. The van der Waals surface area contributed by atoms with Gasteiger partial charge in [-0.3, -0.25) is 0 Å². The molecule has 0 amide bonds. The fourth-order valence-corrected chi connectivity index (χ4v) is 2.40. The van der Waals surface area contributed by atoms with Crippen LogP contribution in [0.15, 0.2) is 18.2 Å². The lowest BCUT2D eigenvalue weighted by molar-refractivity contribution is -0.137. The van der Waals surface area contributed by atoms with Gasteiger partial charge in [0.25, 0.3) is 0 Å². The van der Waals surface area contributed by atoms with Crippen molar-refractivity contribution in [2.45, 2.75) is 43.8 Å². The lowest BCUT2D eigenvalue weighted by atomic mass is 9.75. The summed E-state index contributed by atoms with van der Waals surface area (Å²) in [5.41, 5.74) is 5.03. The van der Waals surface area contributed by atoms with E-state index in [2.05, 4.69) is 0 Å². The van der Waals surface area contributed by atoms with Crippen molar-refractivity contribution in [3.8, 4) is 0 Å². The van der Waals surface area contributed by atoms with Crippen molar-refractivity contribution in [2.24, 2.45) is 5.73 Å². The van der Waals surface area contributed by atoms with Crippen LogP contribution in [0.3, 0.4) is 0 Å². The Kier molecular flexibility index (Phi) is 2.95. The third-order valence-electron chi connectivity index (χ3n) is 3.98. The van der Waals surface area contributed by atoms with Crippen molar-refractivity contribution in [1.29, 1.82) is 0 Å². The lowest BCUT2D eigenvalue weighted by Crippen LogP contribution is -2.43. The molecule has 0 bridgehead atoms. The van der Waals surface area contributed by atoms with Crippen molar-refractivity contribution in [2.75, 3.05) is 0 Å². The standard InChI is InChI=1S/C13H15ClF3N/c1-11(2,12(18)3-4-12)8-5-9(13(15,16)17)7-10(14)6-8/h5-7H,3-4,18H2,1-2H3. The van der Waals surface area contributed by atoms with Crippen LogP contribution in [-0.2, 0) is 11.6 Å². The number of hydrogen-bond acceptors (Lipinski definition) is 1. The molecular weight excluding hydrogens is 263 g/mol. The molecule has 1 nitrogen and oxygen atoms in total. The van der Waals surface area contributed by atoms with Crippen LogP contribution in [0.1, 0.15) is 37.8 Å². The quantitative estimate of drug-likeness (QED) is 0.864. The van der Waals surface area contributed by atoms with E-state index in [0.717, 1.165) is 25.0 Å². The van der Waals surface area contributed by atoms with Crippen molar-refractivity contribution in [1.82, 2.24) is 0 Å². The summed E-state index contributed by atoms with van der Waals surface area (Å²) in [6.07, 6.45) is -2.73. The van der Waals surface area contributed by atoms with Crippen LogP contribution in [0.4, 0.5) is 13.2 Å². The van der Waals surface area contributed by atoms with E-state index >= 15 is 0 Å². The fraction of sp³-hybridized carbons (Fsp3) is 0.538. The smallest absolute Gasteiger partial charge is 0.324 e. The van der Waals surface area contributed by atoms with Gasteiger partial charge in [0.05, 0.1) is 5.56 Å². The van der Waals surface area contributed by atoms with E-state index in [0.29, 0.717) is 5.56 Å². The first-order valence-corrected chi connectivity index (χ1v) is 6.11. The summed E-state index contributed by atoms with van der Waals surface area (Å²) in [5.74, 6) is 0. The third kappa shape index (κ3) is 2.24. The van der Waals surface area contributed by atoms with Gasteiger partial charge in [-0.05, 0) is 36.6 Å². The molecule has 5 heteroatoms. The van der Waals surface area contributed by atoms with Crippen molar-refractivity contribution >= 4 is 11.6 Å². The van der Waals surface area contributed by atoms with E-state index in [1.54, 1.807) is 6.07 Å². The predicted molar refractivity (Wildman–Crippen MR) is 65.6 cm³/mol. The first-order chi connectivity index (χ1) is 8.06. The summed E-state index contributed by atoms with van der Waals surface area (Å²) in [6.45, 7) is 3.73. The molecule has 0 heterocycles. The Bertz CT molecular complexity index is 476. The maximum atomic E-state index is 12.8. The zero-order chi connectivity index (χ0) is 13.8. The molecule has 1 aromatic rings. The van der Waals surface area contributed by atoms with E-state index < -0.39 is 22.7 Å². The zero-order valence-corrected chi connectivity index (χ0v) is 11.0. The normalized spacial score (nSPS) is 18.8. The van der Waals surface area contributed by atoms with Crippen molar-refractivity contribution in [3.63, 3.8) is 0 Å². The van der Waals surface area contributed by atoms with Gasteiger partial charge in [0.1, 0.15) is 0 Å². The maximum absolute atomic E-state index is 12.8. The Labute approximate surface area is 109 Å². The Morgan fingerprint density at radius 1 is 1.11 bits per heavy atom. The predicted octanol–water partition coefficient (Wildman–Crippen LogP) is 4.13. The van der Waals surface area contributed by atoms with Crippen molar-refractivity contribution < 1.29 is 13.2 Å². The van der Waals surface area contributed by atoms with E-state index in [4.69, 9.17) is 17.3 Å². The highest BCUT2D eigenvalue weighted by molar-refractivity contribution is 6.30. The van der Waals surface area contributed by atoms with Gasteiger partial charge < -0.3 is 5.73 Å². The molecule has 1 fully saturated rings. The molecule has 0 saturated heterocycles. The minimum Gasteiger partial charge on any atom is -0.324 e. The van der Waals surface area contributed by atoms with Crippen LogP contribution in [0.25, 0.3) is 0 Å². The van der Waals surface area contributed by atoms with Gasteiger partial charge in [-0.15, -0.1) is 0 Å². The molecular formula is C13H15ClF3N. The molecule has 18 heavy (non-hydrogen) atoms. The first-order valence-electron chi connectivity index (χ1n) is 5.73. The second-order valence-corrected chi connectivity index (χ2v) is 5.94. The molecule has 2 N–H and O–H groups in total. The number of rotatable bonds is 2. The average molecular weight is 278 g/mol. The summed E-state index contributed by atoms with van der Waals surface area (Å²) < 4.78 is 38.3. The molecule has 1 aliphatic carbocycles. The molecule has 1 aromatic carbocycles. The van der Waals surface area contributed by atoms with Gasteiger partial charge in [0.15, 0.2) is 0 Å². The van der Waals surface area contributed by atoms with Gasteiger partial charge in [-0.1, -0.05) is 25.4 Å². The Morgan fingerprint density at radius 2 is 1.61 bits per heavy atom. The molecule has 100 valence electrons. The summed E-state index contributed by atoms with van der Waals surface area (Å²) >= 11 is 5.79. The first kappa shape index (κ1) is 13.7. The maximum Gasteiger partial charge on any atom is 0.416 e. The number of benzene rings is 1. The third-order valence-corrected chi connectivity index (χ3v) is 4.20. The number of nitrogens with two attached hydrogens (primary N) is 1. The molecule has 0 radical (unpaired) electrons. The van der Waals surface area contributed by atoms with Crippen LogP contribution in [0, 0.1) is 0 Å². The monoisotopic (exact) mass is 277 g/mol. The highest BCUT2D eigenvalue weighted by Gasteiger charge is 2.52. The molecule has 0 atom stereocenters. The van der Waals surface area contributed by atoms with Crippen LogP contribution in [0.2, 0.25) is 5.02 Å². The second kappa shape index (κ2) is 3.87. The summed E-state index contributed by atoms with van der Waals surface area (Å²) in [4.78, 5) is 0. The minimum atomic E-state index is -4.39. The summed E-state index contributed by atoms with van der Waals surface area (Å²) in [6, 6.07) is 3.67. The highest BCUT2D eigenvalue weighted by Crippen LogP contribution is 2.50. The van der Waals surface area contributed by atoms with Crippen LogP contribution < -0.4 is 5.73 Å². The van der Waals surface area contributed by atoms with Crippen LogP contribution in [0.5, 0.6) is 0 Å². The largest absolute Gasteiger partial charge is 0.416 e. The van der Waals surface area contributed by atoms with Gasteiger partial charge >= 0.3 is 6.18 Å². The minimum absolute atomic E-state index is 0.0946. The molecule has 0 spiro atoms.